The summed E-state index contributed by atoms with van der Waals surface area (Å²) in [5.74, 6) is -0.338. The van der Waals surface area contributed by atoms with Crippen LogP contribution >= 0.6 is 0 Å². The zero-order chi connectivity index (χ0) is 12.8. The van der Waals surface area contributed by atoms with Gasteiger partial charge in [0.2, 0.25) is 0 Å². The number of amides is 1. The number of ether oxygens (including phenoxy) is 1. The van der Waals surface area contributed by atoms with Crippen molar-refractivity contribution in [3.05, 3.63) is 23.7 Å². The first-order valence-electron chi connectivity index (χ1n) is 5.28. The molecule has 0 aliphatic heterocycles. The second-order valence-corrected chi connectivity index (χ2v) is 3.46. The minimum absolute atomic E-state index is 0.224. The predicted octanol–water partition coefficient (Wildman–Crippen LogP) is 0.420. The van der Waals surface area contributed by atoms with Crippen molar-refractivity contribution in [2.24, 2.45) is 5.73 Å². The number of rotatable bonds is 5. The molecular formula is C11H16N2O4. The van der Waals surface area contributed by atoms with Gasteiger partial charge in [0, 0.05) is 0 Å². The lowest BCUT2D eigenvalue weighted by molar-refractivity contribution is -0.142. The SMILES string of the molecule is CCC(NC(=O)c1coc(CN)c1)C(=O)OC. The largest absolute Gasteiger partial charge is 0.467 e. The third kappa shape index (κ3) is 3.32. The van der Waals surface area contributed by atoms with E-state index in [1.54, 1.807) is 13.0 Å². The van der Waals surface area contributed by atoms with Crippen LogP contribution in [0.3, 0.4) is 0 Å². The molecule has 1 rings (SSSR count). The molecule has 1 heterocycles. The number of carbonyl (C=O) groups excluding carboxylic acids is 2. The lowest BCUT2D eigenvalue weighted by Gasteiger charge is -2.13. The van der Waals surface area contributed by atoms with E-state index in [2.05, 4.69) is 10.1 Å². The standard InChI is InChI=1S/C11H16N2O4/c1-3-9(11(15)16-2)13-10(14)7-4-8(5-12)17-6-7/h4,6,9H,3,5,12H2,1-2H3,(H,13,14). The summed E-state index contributed by atoms with van der Waals surface area (Å²) in [6, 6.07) is 0.892. The molecule has 0 aliphatic rings. The molecule has 3 N–H and O–H groups in total. The fraction of sp³-hybridized carbons (Fsp3) is 0.455. The maximum absolute atomic E-state index is 11.7. The van der Waals surface area contributed by atoms with E-state index in [1.165, 1.54) is 13.4 Å². The Hall–Kier alpha value is -1.82. The molecule has 17 heavy (non-hydrogen) atoms. The van der Waals surface area contributed by atoms with Crippen molar-refractivity contribution in [1.82, 2.24) is 5.32 Å². The zero-order valence-corrected chi connectivity index (χ0v) is 9.86. The van der Waals surface area contributed by atoms with Gasteiger partial charge >= 0.3 is 5.97 Å². The molecular weight excluding hydrogens is 224 g/mol. The number of esters is 1. The van der Waals surface area contributed by atoms with Gasteiger partial charge < -0.3 is 20.2 Å². The fourth-order valence-corrected chi connectivity index (χ4v) is 1.32. The molecule has 0 saturated heterocycles. The Bertz CT molecular complexity index is 400. The van der Waals surface area contributed by atoms with Crippen molar-refractivity contribution in [3.63, 3.8) is 0 Å². The van der Waals surface area contributed by atoms with Gasteiger partial charge in [-0.2, -0.15) is 0 Å². The van der Waals surface area contributed by atoms with E-state index in [0.29, 0.717) is 17.7 Å². The van der Waals surface area contributed by atoms with Crippen LogP contribution in [0.4, 0.5) is 0 Å². The Morgan fingerprint density at radius 1 is 1.59 bits per heavy atom. The summed E-state index contributed by atoms with van der Waals surface area (Å²) in [5, 5.41) is 2.56. The first-order valence-corrected chi connectivity index (χ1v) is 5.28. The first kappa shape index (κ1) is 13.2. The van der Waals surface area contributed by atoms with Gasteiger partial charge in [0.25, 0.3) is 5.91 Å². The topological polar surface area (TPSA) is 94.6 Å². The monoisotopic (exact) mass is 240 g/mol. The van der Waals surface area contributed by atoms with Crippen molar-refractivity contribution in [2.45, 2.75) is 25.9 Å². The Morgan fingerprint density at radius 3 is 2.76 bits per heavy atom. The second kappa shape index (κ2) is 6.05. The van der Waals surface area contributed by atoms with Crippen LogP contribution in [-0.2, 0) is 16.1 Å². The van der Waals surface area contributed by atoms with Crippen molar-refractivity contribution in [3.8, 4) is 0 Å². The number of nitrogens with two attached hydrogens (primary N) is 1. The Labute approximate surface area is 99.1 Å². The third-order valence-electron chi connectivity index (χ3n) is 2.32. The molecule has 1 unspecified atom stereocenters. The van der Waals surface area contributed by atoms with Crippen LogP contribution in [0.1, 0.15) is 29.5 Å². The van der Waals surface area contributed by atoms with E-state index in [-0.39, 0.29) is 12.5 Å². The number of hydrogen-bond donors (Lipinski definition) is 2. The highest BCUT2D eigenvalue weighted by atomic mass is 16.5. The average Bonchev–Trinajstić information content (AvgIpc) is 2.83. The molecule has 0 spiro atoms. The molecule has 0 saturated carbocycles. The summed E-state index contributed by atoms with van der Waals surface area (Å²) in [5.41, 5.74) is 5.70. The third-order valence-corrected chi connectivity index (χ3v) is 2.32. The van der Waals surface area contributed by atoms with Crippen LogP contribution < -0.4 is 11.1 Å². The number of carbonyl (C=O) groups is 2. The van der Waals surface area contributed by atoms with E-state index < -0.39 is 12.0 Å². The van der Waals surface area contributed by atoms with Gasteiger partial charge in [-0.15, -0.1) is 0 Å². The zero-order valence-electron chi connectivity index (χ0n) is 9.86. The molecule has 1 amide bonds. The molecule has 1 atom stereocenters. The van der Waals surface area contributed by atoms with Crippen molar-refractivity contribution >= 4 is 11.9 Å². The smallest absolute Gasteiger partial charge is 0.328 e. The normalized spacial score (nSPS) is 11.9. The van der Waals surface area contributed by atoms with Crippen LogP contribution in [0.15, 0.2) is 16.7 Å². The van der Waals surface area contributed by atoms with Crippen LogP contribution in [0.2, 0.25) is 0 Å². The van der Waals surface area contributed by atoms with Crippen LogP contribution in [-0.4, -0.2) is 25.0 Å². The van der Waals surface area contributed by atoms with Crippen molar-refractivity contribution in [2.75, 3.05) is 7.11 Å². The van der Waals surface area contributed by atoms with E-state index in [1.807, 2.05) is 0 Å². The van der Waals surface area contributed by atoms with E-state index >= 15 is 0 Å². The predicted molar refractivity (Wildman–Crippen MR) is 60.2 cm³/mol. The van der Waals surface area contributed by atoms with Gasteiger partial charge in [-0.25, -0.2) is 4.79 Å². The van der Waals surface area contributed by atoms with Gasteiger partial charge in [-0.1, -0.05) is 6.92 Å². The van der Waals surface area contributed by atoms with Gasteiger partial charge in [0.1, 0.15) is 18.1 Å². The molecule has 0 bridgehead atoms. The Kier molecular flexibility index (Phi) is 4.71. The highest BCUT2D eigenvalue weighted by molar-refractivity contribution is 5.96. The molecule has 94 valence electrons. The Balaban J connectivity index is 2.67. The van der Waals surface area contributed by atoms with Crippen LogP contribution in [0.25, 0.3) is 0 Å². The van der Waals surface area contributed by atoms with Crippen LogP contribution in [0, 0.1) is 0 Å². The molecule has 0 radical (unpaired) electrons. The number of nitrogens with one attached hydrogen (secondary N) is 1. The lowest BCUT2D eigenvalue weighted by atomic mass is 10.2. The fourth-order valence-electron chi connectivity index (χ4n) is 1.32. The lowest BCUT2D eigenvalue weighted by Crippen LogP contribution is -2.40. The summed E-state index contributed by atoms with van der Waals surface area (Å²) in [7, 11) is 1.28. The Morgan fingerprint density at radius 2 is 2.29 bits per heavy atom. The average molecular weight is 240 g/mol. The van der Waals surface area contributed by atoms with Crippen molar-refractivity contribution < 1.29 is 18.7 Å². The summed E-state index contributed by atoms with van der Waals surface area (Å²) < 4.78 is 9.60. The number of methoxy groups -OCH3 is 1. The molecule has 6 nitrogen and oxygen atoms in total. The van der Waals surface area contributed by atoms with Gasteiger partial charge in [0.05, 0.1) is 19.2 Å². The first-order chi connectivity index (χ1) is 8.12. The molecule has 1 aromatic rings. The summed E-state index contributed by atoms with van der Waals surface area (Å²) >= 11 is 0. The van der Waals surface area contributed by atoms with Gasteiger partial charge in [-0.3, -0.25) is 4.79 Å². The maximum atomic E-state index is 11.7. The molecule has 0 aromatic carbocycles. The minimum atomic E-state index is -0.649. The maximum Gasteiger partial charge on any atom is 0.328 e. The second-order valence-electron chi connectivity index (χ2n) is 3.46. The van der Waals surface area contributed by atoms with Gasteiger partial charge in [0.15, 0.2) is 0 Å². The highest BCUT2D eigenvalue weighted by Gasteiger charge is 2.20. The molecule has 6 heteroatoms. The highest BCUT2D eigenvalue weighted by Crippen LogP contribution is 2.07. The van der Waals surface area contributed by atoms with E-state index in [4.69, 9.17) is 10.2 Å². The van der Waals surface area contributed by atoms with E-state index in [0.717, 1.165) is 0 Å². The van der Waals surface area contributed by atoms with Crippen LogP contribution in [0.5, 0.6) is 0 Å². The van der Waals surface area contributed by atoms with Crippen molar-refractivity contribution in [1.29, 1.82) is 0 Å². The minimum Gasteiger partial charge on any atom is -0.467 e. The number of hydrogen-bond acceptors (Lipinski definition) is 5. The molecule has 0 fully saturated rings. The summed E-state index contributed by atoms with van der Waals surface area (Å²) in [6.45, 7) is 2.00. The summed E-state index contributed by atoms with van der Waals surface area (Å²) in [4.78, 5) is 23.0. The number of furan rings is 1. The molecule has 0 aliphatic carbocycles. The quantitative estimate of drug-likeness (QED) is 0.727. The molecule has 1 aromatic heterocycles. The van der Waals surface area contributed by atoms with E-state index in [9.17, 15) is 9.59 Å². The summed E-state index contributed by atoms with van der Waals surface area (Å²) in [6.07, 6.45) is 1.77. The van der Waals surface area contributed by atoms with Gasteiger partial charge in [-0.05, 0) is 12.5 Å².